The van der Waals surface area contributed by atoms with Crippen molar-refractivity contribution in [3.8, 4) is 0 Å². The average molecular weight is 258 g/mol. The lowest BCUT2D eigenvalue weighted by Gasteiger charge is -2.29. The highest BCUT2D eigenvalue weighted by molar-refractivity contribution is 7.94. The highest BCUT2D eigenvalue weighted by atomic mass is 32.2. The van der Waals surface area contributed by atoms with E-state index < -0.39 is 9.84 Å². The van der Waals surface area contributed by atoms with Crippen molar-refractivity contribution in [1.82, 2.24) is 10.6 Å². The monoisotopic (exact) mass is 258 g/mol. The SMILES string of the molecule is CC1CCCNC1C(=O)NC1C=CS(=O)(=O)C1. The van der Waals surface area contributed by atoms with Crippen LogP contribution in [-0.2, 0) is 14.6 Å². The van der Waals surface area contributed by atoms with Crippen LogP contribution in [0.25, 0.3) is 0 Å². The van der Waals surface area contributed by atoms with Gasteiger partial charge in [0.2, 0.25) is 5.91 Å². The highest BCUT2D eigenvalue weighted by Gasteiger charge is 2.30. The molecule has 0 spiro atoms. The number of carbonyl (C=O) groups is 1. The topological polar surface area (TPSA) is 75.3 Å². The number of piperidine rings is 1. The van der Waals surface area contributed by atoms with Crippen LogP contribution in [0.15, 0.2) is 11.5 Å². The van der Waals surface area contributed by atoms with E-state index in [-0.39, 0.29) is 23.7 Å². The molecule has 1 fully saturated rings. The minimum atomic E-state index is -3.10. The van der Waals surface area contributed by atoms with Gasteiger partial charge in [-0.2, -0.15) is 0 Å². The van der Waals surface area contributed by atoms with E-state index in [1.54, 1.807) is 6.08 Å². The maximum atomic E-state index is 12.0. The van der Waals surface area contributed by atoms with E-state index in [4.69, 9.17) is 0 Å². The molecule has 0 radical (unpaired) electrons. The Labute approximate surface area is 102 Å². The van der Waals surface area contributed by atoms with Crippen molar-refractivity contribution >= 4 is 15.7 Å². The van der Waals surface area contributed by atoms with Crippen LogP contribution in [0.4, 0.5) is 0 Å². The van der Waals surface area contributed by atoms with Gasteiger partial charge in [-0.05, 0) is 31.4 Å². The largest absolute Gasteiger partial charge is 0.347 e. The Bertz CT molecular complexity index is 430. The van der Waals surface area contributed by atoms with Crippen LogP contribution < -0.4 is 10.6 Å². The number of amides is 1. The Balaban J connectivity index is 1.91. The third kappa shape index (κ3) is 3.07. The Morgan fingerprint density at radius 1 is 1.47 bits per heavy atom. The van der Waals surface area contributed by atoms with Gasteiger partial charge in [-0.15, -0.1) is 0 Å². The van der Waals surface area contributed by atoms with Gasteiger partial charge in [0.05, 0.1) is 17.8 Å². The maximum absolute atomic E-state index is 12.0. The van der Waals surface area contributed by atoms with Gasteiger partial charge in [0.25, 0.3) is 0 Å². The molecule has 2 heterocycles. The molecule has 5 nitrogen and oxygen atoms in total. The molecule has 0 bridgehead atoms. The van der Waals surface area contributed by atoms with Gasteiger partial charge >= 0.3 is 0 Å². The molecule has 0 aliphatic carbocycles. The summed E-state index contributed by atoms with van der Waals surface area (Å²) in [7, 11) is -3.10. The molecule has 0 aromatic rings. The number of carbonyl (C=O) groups excluding carboxylic acids is 1. The molecule has 0 saturated carbocycles. The summed E-state index contributed by atoms with van der Waals surface area (Å²) in [5.41, 5.74) is 0. The fourth-order valence-electron chi connectivity index (χ4n) is 2.34. The zero-order chi connectivity index (χ0) is 12.5. The van der Waals surface area contributed by atoms with Crippen molar-refractivity contribution in [1.29, 1.82) is 0 Å². The first-order valence-corrected chi connectivity index (χ1v) is 7.64. The predicted octanol–water partition coefficient (Wildman–Crippen LogP) is -0.199. The predicted molar refractivity (Wildman–Crippen MR) is 65.0 cm³/mol. The Morgan fingerprint density at radius 3 is 2.82 bits per heavy atom. The maximum Gasteiger partial charge on any atom is 0.237 e. The zero-order valence-corrected chi connectivity index (χ0v) is 10.7. The number of rotatable bonds is 2. The number of hydrogen-bond donors (Lipinski definition) is 2. The molecule has 0 aromatic heterocycles. The lowest BCUT2D eigenvalue weighted by Crippen LogP contribution is -2.53. The van der Waals surface area contributed by atoms with Gasteiger partial charge in [0, 0.05) is 5.41 Å². The van der Waals surface area contributed by atoms with Crippen molar-refractivity contribution in [3.63, 3.8) is 0 Å². The standard InChI is InChI=1S/C11H18N2O3S/c1-8-3-2-5-12-10(8)11(14)13-9-4-6-17(15,16)7-9/h4,6,8-10,12H,2-3,5,7H2,1H3,(H,13,14). The van der Waals surface area contributed by atoms with Crippen LogP contribution in [0.1, 0.15) is 19.8 Å². The molecular formula is C11H18N2O3S. The highest BCUT2D eigenvalue weighted by Crippen LogP contribution is 2.16. The van der Waals surface area contributed by atoms with E-state index in [2.05, 4.69) is 10.6 Å². The van der Waals surface area contributed by atoms with E-state index in [1.165, 1.54) is 5.41 Å². The molecule has 3 atom stereocenters. The molecule has 2 aliphatic rings. The van der Waals surface area contributed by atoms with E-state index in [0.717, 1.165) is 19.4 Å². The summed E-state index contributed by atoms with van der Waals surface area (Å²) < 4.78 is 22.4. The normalized spacial score (nSPS) is 35.7. The first-order valence-electron chi connectivity index (χ1n) is 5.93. The van der Waals surface area contributed by atoms with Crippen LogP contribution in [0.3, 0.4) is 0 Å². The van der Waals surface area contributed by atoms with Crippen LogP contribution in [0.5, 0.6) is 0 Å². The van der Waals surface area contributed by atoms with Gasteiger partial charge in [0.1, 0.15) is 0 Å². The number of hydrogen-bond acceptors (Lipinski definition) is 4. The molecule has 0 aromatic carbocycles. The summed E-state index contributed by atoms with van der Waals surface area (Å²) in [6.07, 6.45) is 3.66. The van der Waals surface area contributed by atoms with Crippen LogP contribution in [-0.4, -0.2) is 38.7 Å². The van der Waals surface area contributed by atoms with Crippen LogP contribution in [0, 0.1) is 5.92 Å². The molecule has 2 rings (SSSR count). The first-order chi connectivity index (χ1) is 7.98. The lowest BCUT2D eigenvalue weighted by atomic mass is 9.92. The molecule has 2 N–H and O–H groups in total. The molecule has 1 amide bonds. The summed E-state index contributed by atoms with van der Waals surface area (Å²) in [5, 5.41) is 7.12. The third-order valence-electron chi connectivity index (χ3n) is 3.31. The van der Waals surface area contributed by atoms with Crippen LogP contribution in [0.2, 0.25) is 0 Å². The fourth-order valence-corrected chi connectivity index (χ4v) is 3.57. The Morgan fingerprint density at radius 2 is 2.24 bits per heavy atom. The summed E-state index contributed by atoms with van der Waals surface area (Å²) in [5.74, 6) is 0.189. The molecule has 2 aliphatic heterocycles. The molecule has 17 heavy (non-hydrogen) atoms. The molecule has 6 heteroatoms. The second-order valence-electron chi connectivity index (χ2n) is 4.82. The quantitative estimate of drug-likeness (QED) is 0.719. The smallest absolute Gasteiger partial charge is 0.237 e. The van der Waals surface area contributed by atoms with Gasteiger partial charge in [-0.1, -0.05) is 6.92 Å². The summed E-state index contributed by atoms with van der Waals surface area (Å²) >= 11 is 0. The second kappa shape index (κ2) is 4.78. The van der Waals surface area contributed by atoms with Gasteiger partial charge < -0.3 is 10.6 Å². The van der Waals surface area contributed by atoms with E-state index in [0.29, 0.717) is 5.92 Å². The van der Waals surface area contributed by atoms with Crippen LogP contribution >= 0.6 is 0 Å². The van der Waals surface area contributed by atoms with Crippen molar-refractivity contribution in [3.05, 3.63) is 11.5 Å². The summed E-state index contributed by atoms with van der Waals surface area (Å²) in [4.78, 5) is 12.0. The average Bonchev–Trinajstić information content (AvgIpc) is 2.58. The third-order valence-corrected chi connectivity index (χ3v) is 4.71. The summed E-state index contributed by atoms with van der Waals surface area (Å²) in [6, 6.07) is -0.566. The lowest BCUT2D eigenvalue weighted by molar-refractivity contribution is -0.125. The Hall–Kier alpha value is -0.880. The van der Waals surface area contributed by atoms with Crippen molar-refractivity contribution < 1.29 is 13.2 Å². The second-order valence-corrected chi connectivity index (χ2v) is 6.76. The van der Waals surface area contributed by atoms with E-state index in [1.807, 2.05) is 6.92 Å². The fraction of sp³-hybridized carbons (Fsp3) is 0.727. The molecule has 3 unspecified atom stereocenters. The number of nitrogens with one attached hydrogen (secondary N) is 2. The Kier molecular flexibility index (Phi) is 3.53. The zero-order valence-electron chi connectivity index (χ0n) is 9.85. The van der Waals surface area contributed by atoms with Crippen molar-refractivity contribution in [2.24, 2.45) is 5.92 Å². The molecule has 96 valence electrons. The molecule has 1 saturated heterocycles. The van der Waals surface area contributed by atoms with Gasteiger partial charge in [-0.25, -0.2) is 8.42 Å². The number of sulfone groups is 1. The minimum absolute atomic E-state index is 0.0140. The van der Waals surface area contributed by atoms with Crippen molar-refractivity contribution in [2.75, 3.05) is 12.3 Å². The van der Waals surface area contributed by atoms with Crippen molar-refractivity contribution in [2.45, 2.75) is 31.8 Å². The first kappa shape index (κ1) is 12.6. The van der Waals surface area contributed by atoms with E-state index >= 15 is 0 Å². The summed E-state index contributed by atoms with van der Waals surface area (Å²) in [6.45, 7) is 2.89. The minimum Gasteiger partial charge on any atom is -0.347 e. The van der Waals surface area contributed by atoms with Gasteiger partial charge in [0.15, 0.2) is 9.84 Å². The molecular weight excluding hydrogens is 240 g/mol. The van der Waals surface area contributed by atoms with E-state index in [9.17, 15) is 13.2 Å². The van der Waals surface area contributed by atoms with Gasteiger partial charge in [-0.3, -0.25) is 4.79 Å².